The molecular weight excluding hydrogens is 262 g/mol. The summed E-state index contributed by atoms with van der Waals surface area (Å²) >= 11 is 5.94. The third-order valence-electron chi connectivity index (χ3n) is 2.86. The lowest BCUT2D eigenvalue weighted by molar-refractivity contribution is 0.369. The molecule has 5 heteroatoms. The van der Waals surface area contributed by atoms with E-state index in [1.165, 1.54) is 0 Å². The minimum atomic E-state index is 0.646. The third kappa shape index (κ3) is 4.65. The van der Waals surface area contributed by atoms with E-state index in [2.05, 4.69) is 10.1 Å². The van der Waals surface area contributed by atoms with E-state index >= 15 is 0 Å². The van der Waals surface area contributed by atoms with E-state index in [1.54, 1.807) is 0 Å². The average molecular weight is 280 g/mol. The van der Waals surface area contributed by atoms with Crippen molar-refractivity contribution in [1.29, 1.82) is 0 Å². The van der Waals surface area contributed by atoms with Crippen molar-refractivity contribution in [2.45, 2.75) is 32.1 Å². The van der Waals surface area contributed by atoms with Gasteiger partial charge in [-0.1, -0.05) is 35.3 Å². The van der Waals surface area contributed by atoms with Gasteiger partial charge >= 0.3 is 0 Å². The fourth-order valence-electron chi connectivity index (χ4n) is 1.89. The Kier molecular flexibility index (Phi) is 5.36. The molecule has 0 unspecified atom stereocenters. The number of benzene rings is 1. The maximum atomic E-state index is 5.94. The van der Waals surface area contributed by atoms with Gasteiger partial charge in [-0.15, -0.1) is 0 Å². The number of nitrogens with two attached hydrogens (primary N) is 1. The molecule has 2 aromatic rings. The van der Waals surface area contributed by atoms with Gasteiger partial charge in [0.1, 0.15) is 0 Å². The molecule has 0 radical (unpaired) electrons. The molecule has 0 saturated heterocycles. The first-order chi connectivity index (χ1) is 9.28. The summed E-state index contributed by atoms with van der Waals surface area (Å²) in [6.45, 7) is 0.740. The van der Waals surface area contributed by atoms with Crippen LogP contribution in [-0.2, 0) is 12.8 Å². The molecule has 1 aromatic carbocycles. The van der Waals surface area contributed by atoms with Gasteiger partial charge < -0.3 is 10.3 Å². The smallest absolute Gasteiger partial charge is 0.226 e. The van der Waals surface area contributed by atoms with E-state index in [1.807, 2.05) is 24.3 Å². The van der Waals surface area contributed by atoms with Gasteiger partial charge in [0.2, 0.25) is 5.89 Å². The lowest BCUT2D eigenvalue weighted by Gasteiger charge is -1.96. The predicted molar refractivity (Wildman–Crippen MR) is 75.2 cm³/mol. The van der Waals surface area contributed by atoms with Crippen LogP contribution >= 0.6 is 11.6 Å². The van der Waals surface area contributed by atoms with Crippen LogP contribution in [0.15, 0.2) is 28.8 Å². The molecule has 19 heavy (non-hydrogen) atoms. The number of unbranched alkanes of at least 4 members (excludes halogenated alkanes) is 2. The minimum Gasteiger partial charge on any atom is -0.339 e. The zero-order chi connectivity index (χ0) is 13.5. The Morgan fingerprint density at radius 2 is 2.11 bits per heavy atom. The zero-order valence-electron chi connectivity index (χ0n) is 10.8. The Hall–Kier alpha value is -1.39. The first-order valence-corrected chi connectivity index (χ1v) is 6.91. The van der Waals surface area contributed by atoms with Crippen LogP contribution in [0, 0.1) is 0 Å². The maximum Gasteiger partial charge on any atom is 0.226 e. The highest BCUT2D eigenvalue weighted by atomic mass is 35.5. The largest absolute Gasteiger partial charge is 0.339 e. The number of nitrogens with zero attached hydrogens (tertiary/aromatic N) is 2. The highest BCUT2D eigenvalue weighted by Gasteiger charge is 2.07. The molecule has 0 fully saturated rings. The fourth-order valence-corrected chi connectivity index (χ4v) is 2.10. The van der Waals surface area contributed by atoms with E-state index in [-0.39, 0.29) is 0 Å². The van der Waals surface area contributed by atoms with E-state index in [0.717, 1.165) is 42.8 Å². The second-order valence-corrected chi connectivity index (χ2v) is 4.95. The minimum absolute atomic E-state index is 0.646. The second kappa shape index (κ2) is 7.26. The molecule has 0 spiro atoms. The Morgan fingerprint density at radius 1 is 1.21 bits per heavy atom. The number of aryl methyl sites for hydroxylation is 1. The SMILES string of the molecule is NCCCCCc1nc(Cc2cccc(Cl)c2)no1. The normalized spacial score (nSPS) is 10.8. The van der Waals surface area contributed by atoms with Crippen molar-refractivity contribution in [3.8, 4) is 0 Å². The van der Waals surface area contributed by atoms with Crippen molar-refractivity contribution < 1.29 is 4.52 Å². The topological polar surface area (TPSA) is 64.9 Å². The Morgan fingerprint density at radius 3 is 2.89 bits per heavy atom. The average Bonchev–Trinajstić information content (AvgIpc) is 2.82. The summed E-state index contributed by atoms with van der Waals surface area (Å²) in [4.78, 5) is 4.38. The van der Waals surface area contributed by atoms with Crippen molar-refractivity contribution in [3.05, 3.63) is 46.6 Å². The van der Waals surface area contributed by atoms with E-state index in [9.17, 15) is 0 Å². The molecular formula is C14H18ClN3O. The summed E-state index contributed by atoms with van der Waals surface area (Å²) in [5, 5.41) is 4.71. The fraction of sp³-hybridized carbons (Fsp3) is 0.429. The van der Waals surface area contributed by atoms with Crippen LogP contribution in [-0.4, -0.2) is 16.7 Å². The van der Waals surface area contributed by atoms with Crippen molar-refractivity contribution in [2.24, 2.45) is 5.73 Å². The molecule has 1 heterocycles. The van der Waals surface area contributed by atoms with E-state index < -0.39 is 0 Å². The van der Waals surface area contributed by atoms with Crippen molar-refractivity contribution in [2.75, 3.05) is 6.54 Å². The molecule has 1 aromatic heterocycles. The molecule has 0 aliphatic rings. The number of hydrogen-bond donors (Lipinski definition) is 1. The van der Waals surface area contributed by atoms with Crippen molar-refractivity contribution in [1.82, 2.24) is 10.1 Å². The molecule has 102 valence electrons. The van der Waals surface area contributed by atoms with Gasteiger partial charge in [-0.2, -0.15) is 4.98 Å². The number of halogens is 1. The van der Waals surface area contributed by atoms with Gasteiger partial charge in [-0.25, -0.2) is 0 Å². The molecule has 0 aliphatic carbocycles. The molecule has 0 atom stereocenters. The predicted octanol–water partition coefficient (Wildman–Crippen LogP) is 2.99. The van der Waals surface area contributed by atoms with Crippen LogP contribution in [0.3, 0.4) is 0 Å². The van der Waals surface area contributed by atoms with E-state index in [0.29, 0.717) is 18.1 Å². The molecule has 4 nitrogen and oxygen atoms in total. The van der Waals surface area contributed by atoms with Crippen LogP contribution in [0.4, 0.5) is 0 Å². The van der Waals surface area contributed by atoms with Crippen LogP contribution in [0.25, 0.3) is 0 Å². The highest BCUT2D eigenvalue weighted by molar-refractivity contribution is 6.30. The van der Waals surface area contributed by atoms with Crippen LogP contribution in [0.2, 0.25) is 5.02 Å². The lowest BCUT2D eigenvalue weighted by Crippen LogP contribution is -1.98. The van der Waals surface area contributed by atoms with E-state index in [4.69, 9.17) is 21.9 Å². The Bertz CT molecular complexity index is 513. The van der Waals surface area contributed by atoms with Gasteiger partial charge in [0.25, 0.3) is 0 Å². The third-order valence-corrected chi connectivity index (χ3v) is 3.09. The van der Waals surface area contributed by atoms with Crippen LogP contribution in [0.5, 0.6) is 0 Å². The molecule has 2 N–H and O–H groups in total. The monoisotopic (exact) mass is 279 g/mol. The number of rotatable bonds is 7. The molecule has 0 bridgehead atoms. The lowest BCUT2D eigenvalue weighted by atomic mass is 10.1. The molecule has 0 saturated carbocycles. The maximum absolute atomic E-state index is 5.94. The summed E-state index contributed by atoms with van der Waals surface area (Å²) < 4.78 is 5.22. The Labute approximate surface area is 118 Å². The molecule has 2 rings (SSSR count). The number of aromatic nitrogens is 2. The van der Waals surface area contributed by atoms with Gasteiger partial charge in [-0.3, -0.25) is 0 Å². The van der Waals surface area contributed by atoms with Crippen molar-refractivity contribution >= 4 is 11.6 Å². The van der Waals surface area contributed by atoms with Crippen molar-refractivity contribution in [3.63, 3.8) is 0 Å². The summed E-state index contributed by atoms with van der Waals surface area (Å²) in [6, 6.07) is 7.69. The highest BCUT2D eigenvalue weighted by Crippen LogP contribution is 2.14. The second-order valence-electron chi connectivity index (χ2n) is 4.51. The standard InChI is InChI=1S/C14H18ClN3O/c15-12-6-4-5-11(9-12)10-13-17-14(19-18-13)7-2-1-3-8-16/h4-6,9H,1-3,7-8,10,16H2. The summed E-state index contributed by atoms with van der Waals surface area (Å²) in [5.74, 6) is 1.41. The summed E-state index contributed by atoms with van der Waals surface area (Å²) in [7, 11) is 0. The zero-order valence-corrected chi connectivity index (χ0v) is 11.6. The first-order valence-electron chi connectivity index (χ1n) is 6.54. The molecule has 0 amide bonds. The van der Waals surface area contributed by atoms with Gasteiger partial charge in [0.15, 0.2) is 5.82 Å². The van der Waals surface area contributed by atoms with Crippen LogP contribution in [0.1, 0.15) is 36.5 Å². The first kappa shape index (κ1) is 14.0. The van der Waals surface area contributed by atoms with Gasteiger partial charge in [0.05, 0.1) is 0 Å². The van der Waals surface area contributed by atoms with Gasteiger partial charge in [-0.05, 0) is 37.1 Å². The Balaban J connectivity index is 1.87. The summed E-state index contributed by atoms with van der Waals surface area (Å²) in [5.41, 5.74) is 6.53. The quantitative estimate of drug-likeness (QED) is 0.791. The van der Waals surface area contributed by atoms with Gasteiger partial charge in [0, 0.05) is 17.9 Å². The number of hydrogen-bond acceptors (Lipinski definition) is 4. The summed E-state index contributed by atoms with van der Waals surface area (Å²) in [6.07, 6.45) is 4.65. The molecule has 0 aliphatic heterocycles. The van der Waals surface area contributed by atoms with Crippen LogP contribution < -0.4 is 5.73 Å².